The van der Waals surface area contributed by atoms with E-state index in [9.17, 15) is 0 Å². The highest BCUT2D eigenvalue weighted by Crippen LogP contribution is 2.22. The van der Waals surface area contributed by atoms with Crippen LogP contribution in [0.4, 0.5) is 5.82 Å². The van der Waals surface area contributed by atoms with Gasteiger partial charge in [0.15, 0.2) is 5.82 Å². The van der Waals surface area contributed by atoms with E-state index in [4.69, 9.17) is 10.5 Å². The normalized spacial score (nSPS) is 24.5. The number of fused-ring (bicyclic) bond motifs is 1. The molecular weight excluding hydrogens is 216 g/mol. The van der Waals surface area contributed by atoms with Gasteiger partial charge in [-0.05, 0) is 30.9 Å². The predicted molar refractivity (Wildman–Crippen MR) is 65.1 cm³/mol. The van der Waals surface area contributed by atoms with E-state index < -0.39 is 0 Å². The van der Waals surface area contributed by atoms with Gasteiger partial charge in [-0.25, -0.2) is 0 Å². The lowest BCUT2D eigenvalue weighted by Gasteiger charge is -2.28. The zero-order valence-corrected chi connectivity index (χ0v) is 9.93. The van der Waals surface area contributed by atoms with Crippen LogP contribution in [0.25, 0.3) is 0 Å². The second kappa shape index (κ2) is 4.58. The zero-order chi connectivity index (χ0) is 11.7. The Bertz CT molecular complexity index is 403. The monoisotopic (exact) mass is 234 g/mol. The highest BCUT2D eigenvalue weighted by Gasteiger charge is 2.20. The van der Waals surface area contributed by atoms with Crippen molar-refractivity contribution >= 4 is 5.82 Å². The van der Waals surface area contributed by atoms with Gasteiger partial charge in [0.2, 0.25) is 0 Å². The summed E-state index contributed by atoms with van der Waals surface area (Å²) >= 11 is 0. The van der Waals surface area contributed by atoms with Crippen molar-refractivity contribution in [2.45, 2.75) is 25.3 Å². The summed E-state index contributed by atoms with van der Waals surface area (Å²) in [5.41, 5.74) is 8.40. The molecule has 0 saturated carbocycles. The van der Waals surface area contributed by atoms with Crippen LogP contribution in [0.5, 0.6) is 0 Å². The first kappa shape index (κ1) is 10.9. The van der Waals surface area contributed by atoms with E-state index in [0.29, 0.717) is 0 Å². The molecule has 1 aliphatic carbocycles. The molecule has 0 radical (unpaired) electrons. The van der Waals surface area contributed by atoms with E-state index in [1.807, 2.05) is 0 Å². The van der Waals surface area contributed by atoms with Crippen molar-refractivity contribution in [3.63, 3.8) is 0 Å². The van der Waals surface area contributed by atoms with Crippen molar-refractivity contribution in [1.82, 2.24) is 10.2 Å². The molecule has 1 atom stereocenters. The average Bonchev–Trinajstić information content (AvgIpc) is 2.39. The molecule has 2 aliphatic rings. The van der Waals surface area contributed by atoms with Gasteiger partial charge >= 0.3 is 0 Å². The summed E-state index contributed by atoms with van der Waals surface area (Å²) in [5, 5.41) is 8.66. The van der Waals surface area contributed by atoms with Crippen molar-refractivity contribution in [2.75, 3.05) is 31.2 Å². The molecule has 2 N–H and O–H groups in total. The van der Waals surface area contributed by atoms with E-state index in [1.165, 1.54) is 5.56 Å². The molecule has 3 rings (SSSR count). The molecule has 1 aromatic heterocycles. The van der Waals surface area contributed by atoms with Crippen molar-refractivity contribution < 1.29 is 4.74 Å². The average molecular weight is 234 g/mol. The molecule has 1 fully saturated rings. The SMILES string of the molecule is NC1CCc2nnc(N3CCOCC3)cc2C1. The molecule has 2 heterocycles. The molecule has 1 aliphatic heterocycles. The number of nitrogens with two attached hydrogens (primary N) is 1. The van der Waals surface area contributed by atoms with Gasteiger partial charge in [0.05, 0.1) is 18.9 Å². The van der Waals surface area contributed by atoms with Gasteiger partial charge in [-0.15, -0.1) is 5.10 Å². The van der Waals surface area contributed by atoms with E-state index in [0.717, 1.165) is 57.1 Å². The van der Waals surface area contributed by atoms with Gasteiger partial charge in [0.1, 0.15) is 0 Å². The minimum atomic E-state index is 0.282. The van der Waals surface area contributed by atoms with E-state index >= 15 is 0 Å². The van der Waals surface area contributed by atoms with Gasteiger partial charge in [-0.1, -0.05) is 0 Å². The molecular formula is C12H18N4O. The number of anilines is 1. The third kappa shape index (κ3) is 2.25. The van der Waals surface area contributed by atoms with Crippen LogP contribution in [0.3, 0.4) is 0 Å². The third-order valence-corrected chi connectivity index (χ3v) is 3.52. The van der Waals surface area contributed by atoms with Crippen molar-refractivity contribution in [1.29, 1.82) is 0 Å². The van der Waals surface area contributed by atoms with Gasteiger partial charge in [-0.3, -0.25) is 0 Å². The van der Waals surface area contributed by atoms with Crippen LogP contribution in [-0.4, -0.2) is 42.5 Å². The summed E-state index contributed by atoms with van der Waals surface area (Å²) in [5.74, 6) is 0.973. The largest absolute Gasteiger partial charge is 0.378 e. The van der Waals surface area contributed by atoms with Gasteiger partial charge < -0.3 is 15.4 Å². The summed E-state index contributed by atoms with van der Waals surface area (Å²) < 4.78 is 5.34. The van der Waals surface area contributed by atoms with Crippen molar-refractivity contribution in [3.05, 3.63) is 17.3 Å². The molecule has 0 amide bonds. The van der Waals surface area contributed by atoms with Crippen LogP contribution < -0.4 is 10.6 Å². The molecule has 0 spiro atoms. The molecule has 92 valence electrons. The van der Waals surface area contributed by atoms with Crippen LogP contribution in [0, 0.1) is 0 Å². The fourth-order valence-corrected chi connectivity index (χ4v) is 2.48. The molecule has 5 heteroatoms. The van der Waals surface area contributed by atoms with Crippen LogP contribution in [0.1, 0.15) is 17.7 Å². The van der Waals surface area contributed by atoms with Gasteiger partial charge in [0.25, 0.3) is 0 Å². The molecule has 1 saturated heterocycles. The maximum absolute atomic E-state index is 6.00. The fourth-order valence-electron chi connectivity index (χ4n) is 2.48. The summed E-state index contributed by atoms with van der Waals surface area (Å²) in [6, 6.07) is 2.44. The maximum atomic E-state index is 6.00. The Morgan fingerprint density at radius 1 is 1.29 bits per heavy atom. The van der Waals surface area contributed by atoms with E-state index in [1.54, 1.807) is 0 Å². The number of morpholine rings is 1. The topological polar surface area (TPSA) is 64.3 Å². The molecule has 1 unspecified atom stereocenters. The first-order valence-electron chi connectivity index (χ1n) is 6.26. The lowest BCUT2D eigenvalue weighted by Crippen LogP contribution is -2.37. The first-order valence-corrected chi connectivity index (χ1v) is 6.26. The Morgan fingerprint density at radius 3 is 2.94 bits per heavy atom. The number of hydrogen-bond acceptors (Lipinski definition) is 5. The lowest BCUT2D eigenvalue weighted by atomic mass is 9.93. The van der Waals surface area contributed by atoms with Crippen LogP contribution >= 0.6 is 0 Å². The Kier molecular flexibility index (Phi) is 2.94. The number of hydrogen-bond donors (Lipinski definition) is 1. The van der Waals surface area contributed by atoms with Gasteiger partial charge in [-0.2, -0.15) is 5.10 Å². The minimum absolute atomic E-state index is 0.282. The number of ether oxygens (including phenoxy) is 1. The second-order valence-electron chi connectivity index (χ2n) is 4.78. The number of rotatable bonds is 1. The van der Waals surface area contributed by atoms with Crippen molar-refractivity contribution in [3.8, 4) is 0 Å². The summed E-state index contributed by atoms with van der Waals surface area (Å²) in [6.45, 7) is 3.36. The third-order valence-electron chi connectivity index (χ3n) is 3.52. The maximum Gasteiger partial charge on any atom is 0.151 e. The standard InChI is InChI=1S/C12H18N4O/c13-10-1-2-11-9(7-10)8-12(15-14-11)16-3-5-17-6-4-16/h8,10H,1-7,13H2. The first-order chi connectivity index (χ1) is 8.33. The number of nitrogens with zero attached hydrogens (tertiary/aromatic N) is 3. The highest BCUT2D eigenvalue weighted by molar-refractivity contribution is 5.42. The van der Waals surface area contributed by atoms with Crippen LogP contribution in [0.15, 0.2) is 6.07 Å². The summed E-state index contributed by atoms with van der Waals surface area (Å²) in [6.07, 6.45) is 2.92. The number of aromatic nitrogens is 2. The summed E-state index contributed by atoms with van der Waals surface area (Å²) in [7, 11) is 0. The summed E-state index contributed by atoms with van der Waals surface area (Å²) in [4.78, 5) is 2.23. The van der Waals surface area contributed by atoms with Gasteiger partial charge in [0, 0.05) is 19.1 Å². The molecule has 5 nitrogen and oxygen atoms in total. The second-order valence-corrected chi connectivity index (χ2v) is 4.78. The Balaban J connectivity index is 1.84. The molecule has 1 aromatic rings. The number of aryl methyl sites for hydroxylation is 1. The lowest BCUT2D eigenvalue weighted by molar-refractivity contribution is 0.122. The van der Waals surface area contributed by atoms with Crippen molar-refractivity contribution in [2.24, 2.45) is 5.73 Å². The van der Waals surface area contributed by atoms with E-state index in [-0.39, 0.29) is 6.04 Å². The van der Waals surface area contributed by atoms with E-state index in [2.05, 4.69) is 21.2 Å². The molecule has 17 heavy (non-hydrogen) atoms. The smallest absolute Gasteiger partial charge is 0.151 e. The predicted octanol–water partition coefficient (Wildman–Crippen LogP) is 0.129. The van der Waals surface area contributed by atoms with Crippen LogP contribution in [-0.2, 0) is 17.6 Å². The fraction of sp³-hybridized carbons (Fsp3) is 0.667. The Hall–Kier alpha value is -1.20. The Morgan fingerprint density at radius 2 is 2.12 bits per heavy atom. The Labute approximate surface area is 101 Å². The quantitative estimate of drug-likeness (QED) is 0.748. The molecule has 0 bridgehead atoms. The molecule has 0 aromatic carbocycles. The zero-order valence-electron chi connectivity index (χ0n) is 9.93. The highest BCUT2D eigenvalue weighted by atomic mass is 16.5. The minimum Gasteiger partial charge on any atom is -0.378 e. The van der Waals surface area contributed by atoms with Crippen LogP contribution in [0.2, 0.25) is 0 Å².